The first-order chi connectivity index (χ1) is 14.9. The third kappa shape index (κ3) is 3.27. The lowest BCUT2D eigenvalue weighted by molar-refractivity contribution is -0.0541. The topological polar surface area (TPSA) is 64.1 Å². The van der Waals surface area contributed by atoms with Crippen LogP contribution in [0, 0.1) is 34.5 Å². The summed E-state index contributed by atoms with van der Waals surface area (Å²) in [6.45, 7) is 10.4. The largest absolute Gasteiger partial charge is 0.396 e. The summed E-state index contributed by atoms with van der Waals surface area (Å²) in [6, 6.07) is 0.567. The molecule has 0 aliphatic heterocycles. The van der Waals surface area contributed by atoms with Crippen LogP contribution in [0.3, 0.4) is 0 Å². The first-order valence-corrected chi connectivity index (χ1v) is 13.0. The Morgan fingerprint density at radius 2 is 1.94 bits per heavy atom. The number of fused-ring (bicyclic) bond motifs is 2. The molecule has 4 heteroatoms. The highest BCUT2D eigenvalue weighted by Gasteiger charge is 2.56. The highest BCUT2D eigenvalue weighted by molar-refractivity contribution is 5.28. The zero-order chi connectivity index (χ0) is 21.8. The number of allylic oxidation sites excluding steroid dienone is 1. The van der Waals surface area contributed by atoms with E-state index < -0.39 is 0 Å². The van der Waals surface area contributed by atoms with Crippen LogP contribution in [0.15, 0.2) is 18.3 Å². The average Bonchev–Trinajstić information content (AvgIpc) is 3.32. The van der Waals surface area contributed by atoms with Gasteiger partial charge in [0.1, 0.15) is 0 Å². The van der Waals surface area contributed by atoms with Crippen molar-refractivity contribution < 1.29 is 5.11 Å². The van der Waals surface area contributed by atoms with Gasteiger partial charge >= 0.3 is 0 Å². The van der Waals surface area contributed by atoms with Gasteiger partial charge in [-0.25, -0.2) is 0 Å². The zero-order valence-corrected chi connectivity index (χ0v) is 19.8. The van der Waals surface area contributed by atoms with E-state index in [4.69, 9.17) is 10.8 Å². The number of hydrogen-bond acceptors (Lipinski definition) is 3. The molecule has 172 valence electrons. The van der Waals surface area contributed by atoms with E-state index >= 15 is 0 Å². The Balaban J connectivity index is 1.45. The molecule has 1 aromatic heterocycles. The summed E-state index contributed by atoms with van der Waals surface area (Å²) in [5.74, 6) is 2.06. The predicted molar refractivity (Wildman–Crippen MR) is 126 cm³/mol. The Bertz CT molecular complexity index is 824. The molecule has 3 N–H and O–H groups in total. The Labute approximate surface area is 188 Å². The van der Waals surface area contributed by atoms with Gasteiger partial charge in [-0.05, 0) is 98.0 Å². The minimum Gasteiger partial charge on any atom is -0.396 e. The van der Waals surface area contributed by atoms with Crippen molar-refractivity contribution in [1.29, 1.82) is 0 Å². The fraction of sp³-hybridized carbons (Fsp3) is 0.815. The number of aromatic nitrogens is 2. The Kier molecular flexibility index (Phi) is 5.62. The van der Waals surface area contributed by atoms with Crippen molar-refractivity contribution in [3.63, 3.8) is 0 Å². The third-order valence-electron chi connectivity index (χ3n) is 10.6. The zero-order valence-electron chi connectivity index (χ0n) is 19.8. The number of nitrogens with zero attached hydrogens (tertiary/aromatic N) is 2. The lowest BCUT2D eigenvalue weighted by atomic mass is 9.49. The molecule has 0 radical (unpaired) electrons. The van der Waals surface area contributed by atoms with Crippen LogP contribution in [0.5, 0.6) is 0 Å². The molecule has 31 heavy (non-hydrogen) atoms. The first kappa shape index (κ1) is 21.7. The average molecular weight is 426 g/mol. The summed E-state index contributed by atoms with van der Waals surface area (Å²) in [7, 11) is 0. The summed E-state index contributed by atoms with van der Waals surface area (Å²) in [5, 5.41) is 15.5. The standard InChI is InChI=1S/C27H43N3O/c1-18-9-10-23-22(15-28)24(11-12-26(18,23)2)27(3)14-19-16-29-30(21-7-5-4-6-8-21)25(19)13-20(27)17-31/h16,20-24,31H,1,4-15,17,28H2,2-3H3/t20-,22+,23+,24+,26-,27+/m1/s1. The van der Waals surface area contributed by atoms with Crippen LogP contribution >= 0.6 is 0 Å². The van der Waals surface area contributed by atoms with E-state index in [0.29, 0.717) is 29.7 Å². The SMILES string of the molecule is C=C1CC[C@H]2[C@H](CN)[C@@H]([C@@]3(C)Cc4cnn(C5CCCCC5)c4C[C@@H]3CO)CC[C@]12C. The van der Waals surface area contributed by atoms with Gasteiger partial charge in [0.25, 0.3) is 0 Å². The fourth-order valence-electron chi connectivity index (χ4n) is 8.51. The van der Waals surface area contributed by atoms with Gasteiger partial charge in [0.2, 0.25) is 0 Å². The normalized spacial score (nSPS) is 41.2. The second-order valence-corrected chi connectivity index (χ2v) is 11.8. The molecular formula is C27H43N3O. The highest BCUT2D eigenvalue weighted by Crippen LogP contribution is 2.62. The molecule has 0 unspecified atom stereocenters. The summed E-state index contributed by atoms with van der Waals surface area (Å²) in [6.07, 6.45) is 15.6. The maximum Gasteiger partial charge on any atom is 0.0525 e. The Morgan fingerprint density at radius 3 is 2.65 bits per heavy atom. The Morgan fingerprint density at radius 1 is 1.16 bits per heavy atom. The summed E-state index contributed by atoms with van der Waals surface area (Å²) >= 11 is 0. The van der Waals surface area contributed by atoms with Crippen LogP contribution in [-0.2, 0) is 12.8 Å². The molecule has 4 aliphatic carbocycles. The van der Waals surface area contributed by atoms with E-state index in [1.54, 1.807) is 0 Å². The summed E-state index contributed by atoms with van der Waals surface area (Å²) in [4.78, 5) is 0. The molecule has 3 fully saturated rings. The van der Waals surface area contributed by atoms with E-state index in [1.807, 2.05) is 0 Å². The monoisotopic (exact) mass is 425 g/mol. The molecule has 1 aromatic rings. The minimum absolute atomic E-state index is 0.0947. The quantitative estimate of drug-likeness (QED) is 0.663. The van der Waals surface area contributed by atoms with Gasteiger partial charge in [-0.1, -0.05) is 45.3 Å². The second-order valence-electron chi connectivity index (χ2n) is 11.8. The molecule has 1 heterocycles. The van der Waals surface area contributed by atoms with Crippen molar-refractivity contribution in [1.82, 2.24) is 9.78 Å². The van der Waals surface area contributed by atoms with Crippen LogP contribution in [0.25, 0.3) is 0 Å². The number of aliphatic hydroxyl groups is 1. The van der Waals surface area contributed by atoms with Gasteiger partial charge in [-0.15, -0.1) is 0 Å². The molecule has 4 nitrogen and oxygen atoms in total. The van der Waals surface area contributed by atoms with Gasteiger partial charge in [0.15, 0.2) is 0 Å². The smallest absolute Gasteiger partial charge is 0.0525 e. The lowest BCUT2D eigenvalue weighted by Crippen LogP contribution is -2.53. The number of hydrogen-bond donors (Lipinski definition) is 2. The maximum atomic E-state index is 10.6. The van der Waals surface area contributed by atoms with Crippen molar-refractivity contribution in [2.75, 3.05) is 13.2 Å². The molecule has 4 aliphatic rings. The van der Waals surface area contributed by atoms with Crippen molar-refractivity contribution in [2.45, 2.75) is 90.5 Å². The molecule has 0 saturated heterocycles. The van der Waals surface area contributed by atoms with E-state index in [1.165, 1.54) is 74.6 Å². The van der Waals surface area contributed by atoms with Gasteiger partial charge in [-0.3, -0.25) is 4.68 Å². The van der Waals surface area contributed by atoms with Gasteiger partial charge in [0.05, 0.1) is 12.2 Å². The number of rotatable bonds is 4. The number of nitrogens with two attached hydrogens (primary N) is 1. The number of aliphatic hydroxyl groups excluding tert-OH is 1. The van der Waals surface area contributed by atoms with Gasteiger partial charge in [-0.2, -0.15) is 5.10 Å². The van der Waals surface area contributed by atoms with Crippen LogP contribution < -0.4 is 5.73 Å². The van der Waals surface area contributed by atoms with E-state index in [0.717, 1.165) is 19.4 Å². The van der Waals surface area contributed by atoms with Crippen molar-refractivity contribution in [3.8, 4) is 0 Å². The predicted octanol–water partition coefficient (Wildman–Crippen LogP) is 5.06. The van der Waals surface area contributed by atoms with Crippen LogP contribution in [0.4, 0.5) is 0 Å². The van der Waals surface area contributed by atoms with Crippen LogP contribution in [0.1, 0.15) is 88.9 Å². The van der Waals surface area contributed by atoms with Crippen LogP contribution in [-0.4, -0.2) is 28.0 Å². The van der Waals surface area contributed by atoms with Crippen molar-refractivity contribution in [3.05, 3.63) is 29.6 Å². The van der Waals surface area contributed by atoms with E-state index in [2.05, 4.69) is 31.3 Å². The molecule has 0 bridgehead atoms. The van der Waals surface area contributed by atoms with E-state index in [9.17, 15) is 5.11 Å². The molecular weight excluding hydrogens is 382 g/mol. The first-order valence-electron chi connectivity index (χ1n) is 13.0. The molecule has 0 spiro atoms. The second kappa shape index (κ2) is 8.02. The third-order valence-corrected chi connectivity index (χ3v) is 10.6. The Hall–Kier alpha value is -1.13. The van der Waals surface area contributed by atoms with Gasteiger partial charge in [0, 0.05) is 12.3 Å². The van der Waals surface area contributed by atoms with Gasteiger partial charge < -0.3 is 10.8 Å². The molecule has 6 atom stereocenters. The molecule has 3 saturated carbocycles. The molecule has 0 aromatic carbocycles. The summed E-state index contributed by atoms with van der Waals surface area (Å²) < 4.78 is 2.36. The fourth-order valence-corrected chi connectivity index (χ4v) is 8.51. The molecule has 0 amide bonds. The van der Waals surface area contributed by atoms with Crippen molar-refractivity contribution >= 4 is 0 Å². The van der Waals surface area contributed by atoms with Crippen LogP contribution in [0.2, 0.25) is 0 Å². The minimum atomic E-state index is 0.0947. The van der Waals surface area contributed by atoms with Crippen molar-refractivity contribution in [2.24, 2.45) is 40.2 Å². The lowest BCUT2D eigenvalue weighted by Gasteiger charge is -2.56. The summed E-state index contributed by atoms with van der Waals surface area (Å²) in [5.41, 5.74) is 11.2. The molecule has 5 rings (SSSR count). The maximum absolute atomic E-state index is 10.6. The van der Waals surface area contributed by atoms with E-state index in [-0.39, 0.29) is 17.4 Å². The highest BCUT2D eigenvalue weighted by atomic mass is 16.3.